The highest BCUT2D eigenvalue weighted by atomic mass is 16.5. The molecule has 1 N–H and O–H groups in total. The number of amides is 2. The molecule has 8 heteroatoms. The molecule has 8 nitrogen and oxygen atoms in total. The first-order valence-electron chi connectivity index (χ1n) is 12.9. The van der Waals surface area contributed by atoms with Crippen LogP contribution in [0.5, 0.6) is 5.75 Å². The molecule has 5 rings (SSSR count). The zero-order valence-electron chi connectivity index (χ0n) is 21.1. The van der Waals surface area contributed by atoms with Crippen molar-refractivity contribution in [3.63, 3.8) is 0 Å². The summed E-state index contributed by atoms with van der Waals surface area (Å²) in [5, 5.41) is 3.21. The minimum Gasteiger partial charge on any atom is -0.497 e. The van der Waals surface area contributed by atoms with Gasteiger partial charge in [-0.2, -0.15) is 0 Å². The molecule has 37 heavy (non-hydrogen) atoms. The van der Waals surface area contributed by atoms with Crippen LogP contribution in [0.2, 0.25) is 0 Å². The third-order valence-corrected chi connectivity index (χ3v) is 7.08. The number of benzene rings is 2. The van der Waals surface area contributed by atoms with Crippen molar-refractivity contribution in [1.82, 2.24) is 5.32 Å². The molecular weight excluding hydrogens is 470 g/mol. The molecule has 194 valence electrons. The summed E-state index contributed by atoms with van der Waals surface area (Å²) in [7, 11) is 1.58. The summed E-state index contributed by atoms with van der Waals surface area (Å²) >= 11 is 0. The molecule has 0 spiro atoms. The molecular formula is C29H33N3O5. The monoisotopic (exact) mass is 503 g/mol. The van der Waals surface area contributed by atoms with Crippen molar-refractivity contribution >= 4 is 23.2 Å². The Morgan fingerprint density at radius 2 is 1.78 bits per heavy atom. The molecule has 2 fully saturated rings. The van der Waals surface area contributed by atoms with Gasteiger partial charge < -0.3 is 24.1 Å². The highest BCUT2D eigenvalue weighted by Crippen LogP contribution is 2.33. The van der Waals surface area contributed by atoms with E-state index in [4.69, 9.17) is 13.9 Å². The van der Waals surface area contributed by atoms with Gasteiger partial charge in [0.05, 0.1) is 26.6 Å². The van der Waals surface area contributed by atoms with Gasteiger partial charge >= 0.3 is 0 Å². The Morgan fingerprint density at radius 3 is 2.46 bits per heavy atom. The molecule has 3 aromatic rings. The maximum atomic E-state index is 13.9. The quantitative estimate of drug-likeness (QED) is 0.485. The van der Waals surface area contributed by atoms with E-state index in [2.05, 4.69) is 10.2 Å². The lowest BCUT2D eigenvalue weighted by molar-refractivity contribution is -0.123. The molecule has 0 unspecified atom stereocenters. The molecule has 0 radical (unpaired) electrons. The summed E-state index contributed by atoms with van der Waals surface area (Å²) in [6.45, 7) is 3.01. The van der Waals surface area contributed by atoms with E-state index < -0.39 is 11.9 Å². The van der Waals surface area contributed by atoms with E-state index in [1.165, 1.54) is 11.2 Å². The van der Waals surface area contributed by atoms with E-state index in [0.717, 1.165) is 50.0 Å². The number of carbonyl (C=O) groups excluding carboxylic acids is 2. The third kappa shape index (κ3) is 5.64. The van der Waals surface area contributed by atoms with E-state index in [1.807, 2.05) is 36.4 Å². The number of hydrogen-bond acceptors (Lipinski definition) is 6. The Bertz CT molecular complexity index is 1180. The SMILES string of the molecule is COc1cccc(N(C(=O)c2ccco2)[C@@H](C(=O)NC2CCCC2)c2ccc(N3CCOCC3)cc2)c1. The fourth-order valence-electron chi connectivity index (χ4n) is 5.12. The second kappa shape index (κ2) is 11.5. The number of carbonyl (C=O) groups is 2. The van der Waals surface area contributed by atoms with Crippen molar-refractivity contribution in [2.24, 2.45) is 0 Å². The lowest BCUT2D eigenvalue weighted by Gasteiger charge is -2.33. The van der Waals surface area contributed by atoms with Crippen molar-refractivity contribution in [3.05, 3.63) is 78.3 Å². The van der Waals surface area contributed by atoms with Crippen molar-refractivity contribution < 1.29 is 23.5 Å². The molecule has 1 aliphatic heterocycles. The topological polar surface area (TPSA) is 84.2 Å². The Balaban J connectivity index is 1.55. The summed E-state index contributed by atoms with van der Waals surface area (Å²) in [4.78, 5) is 31.6. The lowest BCUT2D eigenvalue weighted by Crippen LogP contribution is -2.46. The highest BCUT2D eigenvalue weighted by molar-refractivity contribution is 6.08. The fraction of sp³-hybridized carbons (Fsp3) is 0.379. The van der Waals surface area contributed by atoms with Crippen molar-refractivity contribution in [2.45, 2.75) is 37.8 Å². The summed E-state index contributed by atoms with van der Waals surface area (Å²) in [5.74, 6) is 0.134. The van der Waals surface area contributed by atoms with Crippen LogP contribution in [0, 0.1) is 0 Å². The van der Waals surface area contributed by atoms with Crippen LogP contribution < -0.4 is 19.9 Å². The highest BCUT2D eigenvalue weighted by Gasteiger charge is 2.36. The standard InChI is InChI=1S/C29H33N3O5/c1-35-25-9-4-8-24(20-25)32(29(34)26-10-5-17-37-26)27(28(33)30-22-6-2-3-7-22)21-11-13-23(14-12-21)31-15-18-36-19-16-31/h4-5,8-14,17,20,22,27H,2-3,6-7,15-16,18-19H2,1H3,(H,30,33)/t27-/m1/s1. The molecule has 1 saturated carbocycles. The number of morpholine rings is 1. The zero-order chi connectivity index (χ0) is 25.6. The van der Waals surface area contributed by atoms with Crippen molar-refractivity contribution in [3.8, 4) is 5.75 Å². The van der Waals surface area contributed by atoms with Gasteiger partial charge in [0.15, 0.2) is 5.76 Å². The van der Waals surface area contributed by atoms with Gasteiger partial charge in [-0.05, 0) is 54.8 Å². The van der Waals surface area contributed by atoms with E-state index >= 15 is 0 Å². The van der Waals surface area contributed by atoms with Crippen LogP contribution in [-0.4, -0.2) is 51.3 Å². The first-order chi connectivity index (χ1) is 18.1. The maximum absolute atomic E-state index is 13.9. The lowest BCUT2D eigenvalue weighted by atomic mass is 10.0. The van der Waals surface area contributed by atoms with Crippen molar-refractivity contribution in [1.29, 1.82) is 0 Å². The van der Waals surface area contributed by atoms with Gasteiger partial charge in [0.1, 0.15) is 11.8 Å². The van der Waals surface area contributed by atoms with E-state index in [0.29, 0.717) is 24.7 Å². The summed E-state index contributed by atoms with van der Waals surface area (Å²) in [6, 6.07) is 17.6. The number of nitrogens with zero attached hydrogens (tertiary/aromatic N) is 2. The molecule has 2 heterocycles. The number of methoxy groups -OCH3 is 1. The van der Waals surface area contributed by atoms with Gasteiger partial charge in [0.25, 0.3) is 5.91 Å². The van der Waals surface area contributed by atoms with Crippen LogP contribution in [0.1, 0.15) is 47.8 Å². The molecule has 2 aromatic carbocycles. The Kier molecular flexibility index (Phi) is 7.75. The number of ether oxygens (including phenoxy) is 2. The van der Waals surface area contributed by atoms with Crippen LogP contribution in [0.15, 0.2) is 71.3 Å². The van der Waals surface area contributed by atoms with E-state index in [-0.39, 0.29) is 17.7 Å². The minimum atomic E-state index is -0.899. The molecule has 2 amide bonds. The van der Waals surface area contributed by atoms with E-state index in [1.54, 1.807) is 31.4 Å². The molecule has 1 aliphatic carbocycles. The Hall–Kier alpha value is -3.78. The zero-order valence-corrected chi connectivity index (χ0v) is 21.1. The molecule has 1 saturated heterocycles. The number of nitrogens with one attached hydrogen (secondary N) is 1. The maximum Gasteiger partial charge on any atom is 0.294 e. The summed E-state index contributed by atoms with van der Waals surface area (Å²) < 4.78 is 16.4. The predicted molar refractivity (Wildman–Crippen MR) is 141 cm³/mol. The normalized spacial score (nSPS) is 16.8. The average Bonchev–Trinajstić information content (AvgIpc) is 3.67. The Labute approximate surface area is 217 Å². The molecule has 2 aliphatic rings. The van der Waals surface area contributed by atoms with Crippen LogP contribution in [0.25, 0.3) is 0 Å². The van der Waals surface area contributed by atoms with Gasteiger partial charge in [-0.15, -0.1) is 0 Å². The molecule has 0 bridgehead atoms. The minimum absolute atomic E-state index is 0.105. The van der Waals surface area contributed by atoms with Crippen LogP contribution in [0.4, 0.5) is 11.4 Å². The fourth-order valence-corrected chi connectivity index (χ4v) is 5.12. The number of rotatable bonds is 8. The third-order valence-electron chi connectivity index (χ3n) is 7.08. The van der Waals surface area contributed by atoms with Gasteiger partial charge in [0.2, 0.25) is 5.91 Å². The van der Waals surface area contributed by atoms with Gasteiger partial charge in [-0.25, -0.2) is 0 Å². The Morgan fingerprint density at radius 1 is 1.03 bits per heavy atom. The van der Waals surface area contributed by atoms with Crippen LogP contribution in [-0.2, 0) is 9.53 Å². The van der Waals surface area contributed by atoms with Gasteiger partial charge in [-0.3, -0.25) is 14.5 Å². The molecule has 1 atom stereocenters. The number of furan rings is 1. The van der Waals surface area contributed by atoms with Crippen molar-refractivity contribution in [2.75, 3.05) is 43.2 Å². The van der Waals surface area contributed by atoms with Gasteiger partial charge in [0, 0.05) is 36.6 Å². The van der Waals surface area contributed by atoms with Crippen LogP contribution >= 0.6 is 0 Å². The van der Waals surface area contributed by atoms with Gasteiger partial charge in [-0.1, -0.05) is 31.0 Å². The number of anilines is 2. The van der Waals surface area contributed by atoms with Crippen LogP contribution in [0.3, 0.4) is 0 Å². The first-order valence-corrected chi connectivity index (χ1v) is 12.9. The molecule has 1 aromatic heterocycles. The second-order valence-electron chi connectivity index (χ2n) is 9.44. The largest absolute Gasteiger partial charge is 0.497 e. The smallest absolute Gasteiger partial charge is 0.294 e. The van der Waals surface area contributed by atoms with E-state index in [9.17, 15) is 9.59 Å². The first kappa shape index (κ1) is 24.9. The second-order valence-corrected chi connectivity index (χ2v) is 9.44. The predicted octanol–water partition coefficient (Wildman–Crippen LogP) is 4.57. The number of hydrogen-bond donors (Lipinski definition) is 1. The average molecular weight is 504 g/mol. The summed E-state index contributed by atoms with van der Waals surface area (Å²) in [6.07, 6.45) is 5.53. The summed E-state index contributed by atoms with van der Waals surface area (Å²) in [5.41, 5.74) is 2.33.